The number of likely N-dealkylation sites (N-methyl/N-ethyl adjacent to an activating group) is 1. The van der Waals surface area contributed by atoms with Gasteiger partial charge in [0.2, 0.25) is 5.91 Å². The number of hydrogen-bond acceptors (Lipinski definition) is 4. The zero-order valence-corrected chi connectivity index (χ0v) is 16.1. The van der Waals surface area contributed by atoms with Gasteiger partial charge in [-0.25, -0.2) is 4.98 Å². The van der Waals surface area contributed by atoms with E-state index in [0.717, 1.165) is 42.2 Å². The average molecular weight is 388 g/mol. The zero-order valence-electron chi connectivity index (χ0n) is 13.6. The largest absolute Gasteiger partial charge is 0.341 e. The lowest BCUT2D eigenvalue weighted by molar-refractivity contribution is -0.131. The summed E-state index contributed by atoms with van der Waals surface area (Å²) in [4.78, 5) is 19.0. The summed E-state index contributed by atoms with van der Waals surface area (Å²) in [7, 11) is 1.96. The third-order valence-corrected chi connectivity index (χ3v) is 5.03. The molecule has 2 aromatic rings. The van der Waals surface area contributed by atoms with Gasteiger partial charge in [0.1, 0.15) is 5.01 Å². The van der Waals surface area contributed by atoms with E-state index in [-0.39, 0.29) is 30.7 Å². The number of likely N-dealkylation sites (tertiary alicyclic amines) is 1. The summed E-state index contributed by atoms with van der Waals surface area (Å²) in [6.07, 6.45) is 2.62. The smallest absolute Gasteiger partial charge is 0.228 e. The summed E-state index contributed by atoms with van der Waals surface area (Å²) in [6.45, 7) is 1.68. The molecule has 1 fully saturated rings. The van der Waals surface area contributed by atoms with E-state index in [1.165, 1.54) is 0 Å². The predicted molar refractivity (Wildman–Crippen MR) is 104 cm³/mol. The number of amides is 1. The molecule has 1 aromatic carbocycles. The van der Waals surface area contributed by atoms with Gasteiger partial charge in [0.25, 0.3) is 0 Å². The van der Waals surface area contributed by atoms with E-state index in [1.54, 1.807) is 11.3 Å². The summed E-state index contributed by atoms with van der Waals surface area (Å²) in [6, 6.07) is 10.5. The fourth-order valence-electron chi connectivity index (χ4n) is 2.81. The molecule has 1 aromatic heterocycles. The van der Waals surface area contributed by atoms with E-state index in [2.05, 4.69) is 10.3 Å². The predicted octanol–water partition coefficient (Wildman–Crippen LogP) is 3.41. The lowest BCUT2D eigenvalue weighted by atomic mass is 10.1. The third kappa shape index (κ3) is 5.18. The Morgan fingerprint density at radius 2 is 2.08 bits per heavy atom. The second-order valence-corrected chi connectivity index (χ2v) is 6.51. The molecule has 1 aliphatic heterocycles. The number of carbonyl (C=O) groups is 1. The number of piperidine rings is 1. The molecule has 0 spiro atoms. The van der Waals surface area contributed by atoms with E-state index in [4.69, 9.17) is 0 Å². The number of nitrogens with zero attached hydrogens (tertiary/aromatic N) is 2. The number of halogens is 2. The van der Waals surface area contributed by atoms with Crippen molar-refractivity contribution < 1.29 is 4.79 Å². The van der Waals surface area contributed by atoms with Gasteiger partial charge in [-0.1, -0.05) is 30.3 Å². The molecule has 0 saturated carbocycles. The quantitative estimate of drug-likeness (QED) is 0.873. The highest BCUT2D eigenvalue weighted by Gasteiger charge is 2.23. The molecule has 1 aliphatic rings. The molecular weight excluding hydrogens is 365 g/mol. The maximum absolute atomic E-state index is 12.4. The van der Waals surface area contributed by atoms with Crippen LogP contribution < -0.4 is 5.32 Å². The highest BCUT2D eigenvalue weighted by atomic mass is 35.5. The molecule has 7 heteroatoms. The van der Waals surface area contributed by atoms with Crippen LogP contribution in [0.3, 0.4) is 0 Å². The Bertz CT molecular complexity index is 636. The van der Waals surface area contributed by atoms with Gasteiger partial charge in [-0.2, -0.15) is 0 Å². The molecule has 0 radical (unpaired) electrons. The monoisotopic (exact) mass is 387 g/mol. The van der Waals surface area contributed by atoms with Crippen molar-refractivity contribution in [3.63, 3.8) is 0 Å². The van der Waals surface area contributed by atoms with Crippen LogP contribution in [0.1, 0.15) is 18.5 Å². The third-order valence-electron chi connectivity index (χ3n) is 4.09. The molecule has 1 atom stereocenters. The maximum Gasteiger partial charge on any atom is 0.228 e. The summed E-state index contributed by atoms with van der Waals surface area (Å²) >= 11 is 1.60. The van der Waals surface area contributed by atoms with Gasteiger partial charge < -0.3 is 10.2 Å². The molecule has 24 heavy (non-hydrogen) atoms. The number of aromatic nitrogens is 1. The zero-order chi connectivity index (χ0) is 15.4. The van der Waals surface area contributed by atoms with E-state index < -0.39 is 0 Å². The minimum absolute atomic E-state index is 0. The molecule has 1 unspecified atom stereocenters. The number of benzene rings is 1. The van der Waals surface area contributed by atoms with Gasteiger partial charge in [-0.3, -0.25) is 4.79 Å². The molecular formula is C17H23Cl2N3OS. The standard InChI is InChI=1S/C17H21N3OS.2ClH/c1-18-14-8-5-9-20(11-14)16(21)10-15-12-22-17(19-15)13-6-3-2-4-7-13;;/h2-4,6-7,12,14,18H,5,8-11H2,1H3;2*1H. The molecule has 3 rings (SSSR count). The Balaban J connectivity index is 0.00000144. The lowest BCUT2D eigenvalue weighted by Gasteiger charge is -2.32. The number of carbonyl (C=O) groups excluding carboxylic acids is 1. The van der Waals surface area contributed by atoms with Crippen LogP contribution in [-0.4, -0.2) is 42.0 Å². The number of nitrogens with one attached hydrogen (secondary N) is 1. The first kappa shape index (κ1) is 20.9. The van der Waals surface area contributed by atoms with Crippen molar-refractivity contribution in [3.8, 4) is 10.6 Å². The first-order valence-electron chi connectivity index (χ1n) is 7.71. The second-order valence-electron chi connectivity index (χ2n) is 5.65. The first-order chi connectivity index (χ1) is 10.8. The van der Waals surface area contributed by atoms with Crippen LogP contribution in [0, 0.1) is 0 Å². The number of thiazole rings is 1. The van der Waals surface area contributed by atoms with E-state index in [9.17, 15) is 4.79 Å². The van der Waals surface area contributed by atoms with Gasteiger partial charge in [-0.05, 0) is 19.9 Å². The molecule has 0 aliphatic carbocycles. The highest BCUT2D eigenvalue weighted by Crippen LogP contribution is 2.23. The van der Waals surface area contributed by atoms with Crippen LogP contribution in [0.4, 0.5) is 0 Å². The Morgan fingerprint density at radius 3 is 2.79 bits per heavy atom. The maximum atomic E-state index is 12.4. The van der Waals surface area contributed by atoms with Crippen LogP contribution in [0.25, 0.3) is 10.6 Å². The van der Waals surface area contributed by atoms with Crippen LogP contribution in [-0.2, 0) is 11.2 Å². The van der Waals surface area contributed by atoms with Crippen LogP contribution in [0.2, 0.25) is 0 Å². The van der Waals surface area contributed by atoms with E-state index >= 15 is 0 Å². The van der Waals surface area contributed by atoms with Crippen LogP contribution >= 0.6 is 36.2 Å². The fraction of sp³-hybridized carbons (Fsp3) is 0.412. The van der Waals surface area contributed by atoms with Gasteiger partial charge in [0, 0.05) is 30.1 Å². The normalized spacial score (nSPS) is 16.9. The summed E-state index contributed by atoms with van der Waals surface area (Å²) in [5, 5.41) is 6.25. The fourth-order valence-corrected chi connectivity index (χ4v) is 3.63. The SMILES string of the molecule is CNC1CCCN(C(=O)Cc2csc(-c3ccccc3)n2)C1.Cl.Cl. The van der Waals surface area contributed by atoms with Crippen molar-refractivity contribution in [1.82, 2.24) is 15.2 Å². The summed E-state index contributed by atoms with van der Waals surface area (Å²) in [5.41, 5.74) is 1.99. The van der Waals surface area contributed by atoms with Crippen molar-refractivity contribution >= 4 is 42.1 Å². The minimum atomic E-state index is 0. The Hall–Kier alpha value is -1.14. The van der Waals surface area contributed by atoms with Crippen molar-refractivity contribution in [2.75, 3.05) is 20.1 Å². The molecule has 1 N–H and O–H groups in total. The van der Waals surface area contributed by atoms with E-state index in [1.807, 2.05) is 47.7 Å². The van der Waals surface area contributed by atoms with Crippen LogP contribution in [0.5, 0.6) is 0 Å². The van der Waals surface area contributed by atoms with Crippen molar-refractivity contribution in [3.05, 3.63) is 41.4 Å². The molecule has 0 bridgehead atoms. The highest BCUT2D eigenvalue weighted by molar-refractivity contribution is 7.13. The Kier molecular flexibility index (Phi) is 8.70. The Morgan fingerprint density at radius 1 is 1.33 bits per heavy atom. The summed E-state index contributed by atoms with van der Waals surface area (Å²) < 4.78 is 0. The molecule has 4 nitrogen and oxygen atoms in total. The Labute approximate surface area is 159 Å². The van der Waals surface area contributed by atoms with Crippen molar-refractivity contribution in [2.24, 2.45) is 0 Å². The van der Waals surface area contributed by atoms with Crippen molar-refractivity contribution in [2.45, 2.75) is 25.3 Å². The average Bonchev–Trinajstić information content (AvgIpc) is 3.04. The summed E-state index contributed by atoms with van der Waals surface area (Å²) in [5.74, 6) is 0.185. The topological polar surface area (TPSA) is 45.2 Å². The number of hydrogen-bond donors (Lipinski definition) is 1. The molecule has 1 amide bonds. The molecule has 1 saturated heterocycles. The molecule has 132 valence electrons. The van der Waals surface area contributed by atoms with Gasteiger partial charge in [0.05, 0.1) is 12.1 Å². The second kappa shape index (κ2) is 9.99. The molecule has 2 heterocycles. The van der Waals surface area contributed by atoms with Gasteiger partial charge >= 0.3 is 0 Å². The van der Waals surface area contributed by atoms with Gasteiger partial charge in [-0.15, -0.1) is 36.2 Å². The van der Waals surface area contributed by atoms with Crippen LogP contribution in [0.15, 0.2) is 35.7 Å². The first-order valence-corrected chi connectivity index (χ1v) is 8.59. The minimum Gasteiger partial charge on any atom is -0.341 e. The number of rotatable bonds is 4. The lowest BCUT2D eigenvalue weighted by Crippen LogP contribution is -2.47. The van der Waals surface area contributed by atoms with E-state index in [0.29, 0.717) is 12.5 Å². The van der Waals surface area contributed by atoms with Gasteiger partial charge in [0.15, 0.2) is 0 Å². The van der Waals surface area contributed by atoms with Crippen molar-refractivity contribution in [1.29, 1.82) is 0 Å².